The molecule has 0 amide bonds. The van der Waals surface area contributed by atoms with Crippen LogP contribution in [0.5, 0.6) is 5.75 Å². The molecule has 0 radical (unpaired) electrons. The fraction of sp³-hybridized carbons (Fsp3) is 0.222. The maximum atomic E-state index is 12.4. The van der Waals surface area contributed by atoms with Gasteiger partial charge in [0.1, 0.15) is 5.75 Å². The Hall–Kier alpha value is -2.49. The summed E-state index contributed by atoms with van der Waals surface area (Å²) in [6, 6.07) is 10.9. The number of hydrogen-bond donors (Lipinski definition) is 0. The fourth-order valence-electron chi connectivity index (χ4n) is 2.29. The average molecular weight is 406 g/mol. The van der Waals surface area contributed by atoms with Crippen LogP contribution in [0.25, 0.3) is 10.2 Å². The molecular weight excluding hydrogens is 386 g/mol. The molecule has 1 aromatic heterocycles. The van der Waals surface area contributed by atoms with E-state index >= 15 is 0 Å². The van der Waals surface area contributed by atoms with Crippen LogP contribution in [0, 0.1) is 0 Å². The van der Waals surface area contributed by atoms with Crippen LogP contribution in [-0.4, -0.2) is 51.9 Å². The largest absolute Gasteiger partial charge is 0.423 e. The lowest BCUT2D eigenvalue weighted by atomic mass is 10.2. The topological polar surface area (TPSA) is 79.8 Å². The van der Waals surface area contributed by atoms with Crippen molar-refractivity contribution in [1.29, 1.82) is 0 Å². The van der Waals surface area contributed by atoms with Crippen molar-refractivity contribution in [3.63, 3.8) is 0 Å². The van der Waals surface area contributed by atoms with Gasteiger partial charge in [0, 0.05) is 34.3 Å². The molecule has 142 valence electrons. The second kappa shape index (κ2) is 7.26. The highest BCUT2D eigenvalue weighted by atomic mass is 32.2. The predicted octanol–water partition coefficient (Wildman–Crippen LogP) is 2.83. The number of rotatable bonds is 5. The molecule has 0 N–H and O–H groups in total. The van der Waals surface area contributed by atoms with Crippen LogP contribution in [-0.2, 0) is 10.0 Å². The van der Waals surface area contributed by atoms with Crippen molar-refractivity contribution in [3.05, 3.63) is 48.0 Å². The molecule has 7 nitrogen and oxygen atoms in total. The van der Waals surface area contributed by atoms with E-state index in [0.29, 0.717) is 5.75 Å². The third kappa shape index (κ3) is 3.95. The number of fused-ring (bicyclic) bond motifs is 1. The highest BCUT2D eigenvalue weighted by Crippen LogP contribution is 2.30. The van der Waals surface area contributed by atoms with Gasteiger partial charge in [-0.3, -0.25) is 0 Å². The van der Waals surface area contributed by atoms with Gasteiger partial charge in [0.2, 0.25) is 10.0 Å². The van der Waals surface area contributed by atoms with E-state index < -0.39 is 16.0 Å². The van der Waals surface area contributed by atoms with Crippen molar-refractivity contribution < 1.29 is 17.9 Å². The van der Waals surface area contributed by atoms with Crippen LogP contribution in [0.3, 0.4) is 0 Å². The summed E-state index contributed by atoms with van der Waals surface area (Å²) < 4.78 is 31.6. The molecule has 1 heterocycles. The van der Waals surface area contributed by atoms with Crippen LogP contribution < -0.4 is 9.64 Å². The maximum Gasteiger partial charge on any atom is 0.343 e. The molecule has 0 saturated carbocycles. The van der Waals surface area contributed by atoms with Crippen LogP contribution in [0.4, 0.5) is 5.13 Å². The minimum Gasteiger partial charge on any atom is -0.423 e. The van der Waals surface area contributed by atoms with Crippen molar-refractivity contribution in [2.45, 2.75) is 4.90 Å². The number of hydrogen-bond acceptors (Lipinski definition) is 7. The fourth-order valence-corrected chi connectivity index (χ4v) is 4.11. The second-order valence-electron chi connectivity index (χ2n) is 6.22. The lowest BCUT2D eigenvalue weighted by Crippen LogP contribution is -2.22. The molecule has 0 fully saturated rings. The van der Waals surface area contributed by atoms with E-state index in [-0.39, 0.29) is 10.5 Å². The van der Waals surface area contributed by atoms with Crippen LogP contribution in [0.15, 0.2) is 47.4 Å². The van der Waals surface area contributed by atoms with Gasteiger partial charge in [-0.1, -0.05) is 11.3 Å². The molecule has 0 bridgehead atoms. The summed E-state index contributed by atoms with van der Waals surface area (Å²) in [5, 5.41) is 0.867. The molecule has 3 rings (SSSR count). The lowest BCUT2D eigenvalue weighted by Gasteiger charge is -2.11. The normalized spacial score (nSPS) is 11.7. The van der Waals surface area contributed by atoms with Crippen molar-refractivity contribution in [2.24, 2.45) is 0 Å². The van der Waals surface area contributed by atoms with E-state index in [1.54, 1.807) is 18.2 Å². The van der Waals surface area contributed by atoms with Gasteiger partial charge in [0.25, 0.3) is 0 Å². The molecule has 27 heavy (non-hydrogen) atoms. The molecule has 0 aliphatic heterocycles. The van der Waals surface area contributed by atoms with Crippen molar-refractivity contribution in [2.75, 3.05) is 33.1 Å². The number of esters is 1. The number of aromatic nitrogens is 1. The first kappa shape index (κ1) is 19.3. The number of anilines is 1. The SMILES string of the molecule is CN(C)c1nc2ccc(OC(=O)c3ccc(S(=O)(=O)N(C)C)cc3)cc2s1. The molecule has 0 atom stereocenters. The Morgan fingerprint density at radius 2 is 1.70 bits per heavy atom. The molecule has 0 unspecified atom stereocenters. The Morgan fingerprint density at radius 1 is 1.04 bits per heavy atom. The van der Waals surface area contributed by atoms with E-state index in [1.807, 2.05) is 19.0 Å². The predicted molar refractivity (Wildman–Crippen MR) is 106 cm³/mol. The van der Waals surface area contributed by atoms with Gasteiger partial charge in [0.15, 0.2) is 5.13 Å². The highest BCUT2D eigenvalue weighted by Gasteiger charge is 2.18. The first-order valence-electron chi connectivity index (χ1n) is 8.01. The first-order valence-corrected chi connectivity index (χ1v) is 10.3. The maximum absolute atomic E-state index is 12.4. The first-order chi connectivity index (χ1) is 12.7. The molecule has 3 aromatic rings. The zero-order chi connectivity index (χ0) is 19.8. The number of carbonyl (C=O) groups excluding carboxylic acids is 1. The Bertz CT molecular complexity index is 1090. The van der Waals surface area contributed by atoms with Crippen LogP contribution >= 0.6 is 11.3 Å². The number of thiazole rings is 1. The van der Waals surface area contributed by atoms with E-state index in [4.69, 9.17) is 4.74 Å². The molecular formula is C18H19N3O4S2. The molecule has 9 heteroatoms. The van der Waals surface area contributed by atoms with Gasteiger partial charge < -0.3 is 9.64 Å². The summed E-state index contributed by atoms with van der Waals surface area (Å²) in [5.41, 5.74) is 1.10. The van der Waals surface area contributed by atoms with E-state index in [9.17, 15) is 13.2 Å². The summed E-state index contributed by atoms with van der Waals surface area (Å²) in [4.78, 5) is 18.9. The quantitative estimate of drug-likeness (QED) is 0.480. The number of carbonyl (C=O) groups is 1. The van der Waals surface area contributed by atoms with Gasteiger partial charge in [-0.15, -0.1) is 0 Å². The van der Waals surface area contributed by atoms with Crippen LogP contribution in [0.2, 0.25) is 0 Å². The Morgan fingerprint density at radius 3 is 2.30 bits per heavy atom. The zero-order valence-corrected chi connectivity index (χ0v) is 17.0. The van der Waals surface area contributed by atoms with Crippen molar-refractivity contribution >= 4 is 42.7 Å². The molecule has 2 aromatic carbocycles. The lowest BCUT2D eigenvalue weighted by molar-refractivity contribution is 0.0735. The molecule has 0 aliphatic rings. The summed E-state index contributed by atoms with van der Waals surface area (Å²) in [7, 11) is 3.20. The van der Waals surface area contributed by atoms with E-state index in [2.05, 4.69) is 4.98 Å². The summed E-state index contributed by atoms with van der Waals surface area (Å²) in [5.74, 6) is -0.146. The minimum absolute atomic E-state index is 0.117. The monoisotopic (exact) mass is 405 g/mol. The standard InChI is InChI=1S/C18H19N3O4S2/c1-20(2)18-19-15-10-7-13(11-16(15)26-18)25-17(22)12-5-8-14(9-6-12)27(23,24)21(3)4/h5-11H,1-4H3. The Labute approximate surface area is 161 Å². The third-order valence-electron chi connectivity index (χ3n) is 3.81. The summed E-state index contributed by atoms with van der Waals surface area (Å²) in [6.07, 6.45) is 0. The number of nitrogens with zero attached hydrogens (tertiary/aromatic N) is 3. The molecule has 0 saturated heterocycles. The van der Waals surface area contributed by atoms with Gasteiger partial charge in [-0.25, -0.2) is 22.5 Å². The zero-order valence-electron chi connectivity index (χ0n) is 15.3. The Balaban J connectivity index is 1.80. The Kier molecular flexibility index (Phi) is 5.18. The number of benzene rings is 2. The van der Waals surface area contributed by atoms with Crippen LogP contribution in [0.1, 0.15) is 10.4 Å². The van der Waals surface area contributed by atoms with Gasteiger partial charge >= 0.3 is 5.97 Å². The molecule has 0 aliphatic carbocycles. The highest BCUT2D eigenvalue weighted by molar-refractivity contribution is 7.89. The summed E-state index contributed by atoms with van der Waals surface area (Å²) >= 11 is 1.50. The smallest absolute Gasteiger partial charge is 0.343 e. The number of sulfonamides is 1. The second-order valence-corrected chi connectivity index (χ2v) is 9.38. The average Bonchev–Trinajstić information content (AvgIpc) is 3.05. The van der Waals surface area contributed by atoms with Crippen molar-refractivity contribution in [1.82, 2.24) is 9.29 Å². The number of ether oxygens (including phenoxy) is 1. The van der Waals surface area contributed by atoms with Gasteiger partial charge in [-0.2, -0.15) is 0 Å². The van der Waals surface area contributed by atoms with E-state index in [0.717, 1.165) is 19.7 Å². The van der Waals surface area contributed by atoms with Gasteiger partial charge in [0.05, 0.1) is 20.7 Å². The molecule has 0 spiro atoms. The third-order valence-corrected chi connectivity index (χ3v) is 6.83. The minimum atomic E-state index is -3.54. The van der Waals surface area contributed by atoms with Gasteiger partial charge in [-0.05, 0) is 36.4 Å². The van der Waals surface area contributed by atoms with E-state index in [1.165, 1.54) is 49.7 Å². The summed E-state index contributed by atoms with van der Waals surface area (Å²) in [6.45, 7) is 0. The van der Waals surface area contributed by atoms with Crippen molar-refractivity contribution in [3.8, 4) is 5.75 Å².